The summed E-state index contributed by atoms with van der Waals surface area (Å²) in [5, 5.41) is 9.91. The molecule has 0 aliphatic carbocycles. The Hall–Kier alpha value is -1.41. The fraction of sp³-hybridized carbons (Fsp3) is 0.583. The number of carbonyl (C=O) groups excluding carboxylic acids is 1. The van der Waals surface area contributed by atoms with Crippen molar-refractivity contribution in [3.05, 3.63) is 21.0 Å². The van der Waals surface area contributed by atoms with E-state index in [2.05, 4.69) is 31.7 Å². The fourth-order valence-electron chi connectivity index (χ4n) is 2.00. The zero-order valence-electron chi connectivity index (χ0n) is 11.2. The number of nitrogens with zero attached hydrogens (tertiary/aromatic N) is 2. The number of amides is 1. The quantitative estimate of drug-likeness (QED) is 0.804. The Kier molecular flexibility index (Phi) is 5.13. The number of ether oxygens (including phenoxy) is 1. The average Bonchev–Trinajstić information content (AvgIpc) is 2.45. The summed E-state index contributed by atoms with van der Waals surface area (Å²) in [6, 6.07) is -0.323. The Morgan fingerprint density at radius 1 is 1.60 bits per heavy atom. The van der Waals surface area contributed by atoms with E-state index in [1.54, 1.807) is 13.3 Å². The highest BCUT2D eigenvalue weighted by Crippen LogP contribution is 2.19. The summed E-state index contributed by atoms with van der Waals surface area (Å²) in [5.74, 6) is -0.0493. The second kappa shape index (κ2) is 6.85. The minimum atomic E-state index is -0.323. The minimum absolute atomic E-state index is 0.0493. The van der Waals surface area contributed by atoms with E-state index in [-0.39, 0.29) is 17.5 Å². The van der Waals surface area contributed by atoms with Crippen molar-refractivity contribution in [3.8, 4) is 0 Å². The zero-order chi connectivity index (χ0) is 14.5. The van der Waals surface area contributed by atoms with Gasteiger partial charge >= 0.3 is 0 Å². The van der Waals surface area contributed by atoms with Crippen molar-refractivity contribution in [2.24, 2.45) is 0 Å². The molecule has 8 heteroatoms. The summed E-state index contributed by atoms with van der Waals surface area (Å²) in [5.41, 5.74) is 0.286. The summed E-state index contributed by atoms with van der Waals surface area (Å²) < 4.78 is 6.62. The van der Waals surface area contributed by atoms with Crippen molar-refractivity contribution >= 4 is 27.5 Å². The molecule has 7 nitrogen and oxygen atoms in total. The lowest BCUT2D eigenvalue weighted by Crippen LogP contribution is -2.44. The molecule has 0 aromatic carbocycles. The van der Waals surface area contributed by atoms with Crippen molar-refractivity contribution in [1.29, 1.82) is 0 Å². The van der Waals surface area contributed by atoms with Crippen LogP contribution >= 0.6 is 15.9 Å². The van der Waals surface area contributed by atoms with Crippen molar-refractivity contribution < 1.29 is 9.53 Å². The first-order chi connectivity index (χ1) is 9.63. The summed E-state index contributed by atoms with van der Waals surface area (Å²) in [4.78, 5) is 23.8. The van der Waals surface area contributed by atoms with E-state index in [1.807, 2.05) is 0 Å². The molecular weight excluding hydrogens is 328 g/mol. The number of hydrogen-bond acceptors (Lipinski definition) is 5. The monoisotopic (exact) mass is 344 g/mol. The van der Waals surface area contributed by atoms with Gasteiger partial charge in [0.2, 0.25) is 5.91 Å². The van der Waals surface area contributed by atoms with Gasteiger partial charge in [-0.3, -0.25) is 9.59 Å². The minimum Gasteiger partial charge on any atom is -0.383 e. The van der Waals surface area contributed by atoms with Crippen LogP contribution in [0.4, 0.5) is 5.69 Å². The molecule has 1 unspecified atom stereocenters. The van der Waals surface area contributed by atoms with Crippen LogP contribution in [0, 0.1) is 0 Å². The summed E-state index contributed by atoms with van der Waals surface area (Å²) >= 11 is 3.26. The number of aromatic nitrogens is 2. The highest BCUT2D eigenvalue weighted by Gasteiger charge is 2.23. The third-order valence-electron chi connectivity index (χ3n) is 3.11. The molecule has 2 heterocycles. The Morgan fingerprint density at radius 2 is 2.40 bits per heavy atom. The van der Waals surface area contributed by atoms with Gasteiger partial charge in [-0.2, -0.15) is 5.10 Å². The number of methoxy groups -OCH3 is 1. The topological polar surface area (TPSA) is 85.2 Å². The number of hydrogen-bond donors (Lipinski definition) is 2. The molecule has 1 aliphatic rings. The first-order valence-corrected chi connectivity index (χ1v) is 7.21. The van der Waals surface area contributed by atoms with Gasteiger partial charge in [-0.25, -0.2) is 4.68 Å². The van der Waals surface area contributed by atoms with Crippen LogP contribution in [0.2, 0.25) is 0 Å². The van der Waals surface area contributed by atoms with Crippen LogP contribution in [-0.4, -0.2) is 42.0 Å². The Balaban J connectivity index is 2.14. The zero-order valence-corrected chi connectivity index (χ0v) is 12.8. The number of nitrogens with one attached hydrogen (secondary N) is 2. The summed E-state index contributed by atoms with van der Waals surface area (Å²) in [7, 11) is 1.57. The molecule has 110 valence electrons. The van der Waals surface area contributed by atoms with Gasteiger partial charge in [-0.05, 0) is 28.8 Å². The van der Waals surface area contributed by atoms with E-state index in [0.29, 0.717) is 29.9 Å². The molecule has 1 saturated heterocycles. The van der Waals surface area contributed by atoms with Gasteiger partial charge in [0.25, 0.3) is 5.56 Å². The third kappa shape index (κ3) is 3.37. The molecule has 2 rings (SSSR count). The number of anilines is 1. The maximum Gasteiger partial charge on any atom is 0.283 e. The van der Waals surface area contributed by atoms with Crippen LogP contribution < -0.4 is 16.2 Å². The molecule has 0 saturated carbocycles. The summed E-state index contributed by atoms with van der Waals surface area (Å²) in [6.07, 6.45) is 3.20. The lowest BCUT2D eigenvalue weighted by Gasteiger charge is -2.24. The standard InChI is InChI=1S/C12H17BrN4O3/c1-20-6-5-17-12(19)10(13)9(7-15-17)16-8-3-2-4-14-11(8)18/h7-8,16H,2-6H2,1H3,(H,14,18). The average molecular weight is 345 g/mol. The number of carbonyl (C=O) groups is 1. The van der Waals surface area contributed by atoms with Gasteiger partial charge in [0.1, 0.15) is 10.5 Å². The van der Waals surface area contributed by atoms with E-state index >= 15 is 0 Å². The van der Waals surface area contributed by atoms with Gasteiger partial charge in [0.05, 0.1) is 25.0 Å². The molecule has 1 fully saturated rings. The molecule has 1 aromatic rings. The van der Waals surface area contributed by atoms with E-state index in [1.165, 1.54) is 4.68 Å². The van der Waals surface area contributed by atoms with Gasteiger partial charge in [0, 0.05) is 13.7 Å². The lowest BCUT2D eigenvalue weighted by molar-refractivity contribution is -0.123. The predicted octanol–water partition coefficient (Wildman–Crippen LogP) is 0.343. The number of piperidine rings is 1. The van der Waals surface area contributed by atoms with Crippen LogP contribution in [-0.2, 0) is 16.1 Å². The van der Waals surface area contributed by atoms with Crippen LogP contribution in [0.5, 0.6) is 0 Å². The Bertz CT molecular complexity index is 546. The largest absolute Gasteiger partial charge is 0.383 e. The molecule has 1 aromatic heterocycles. The molecule has 0 spiro atoms. The van der Waals surface area contributed by atoms with Crippen LogP contribution in [0.3, 0.4) is 0 Å². The van der Waals surface area contributed by atoms with Gasteiger partial charge in [-0.15, -0.1) is 0 Å². The van der Waals surface area contributed by atoms with Crippen molar-refractivity contribution in [1.82, 2.24) is 15.1 Å². The third-order valence-corrected chi connectivity index (χ3v) is 3.87. The van der Waals surface area contributed by atoms with Crippen molar-refractivity contribution in [2.75, 3.05) is 25.6 Å². The lowest BCUT2D eigenvalue weighted by atomic mass is 10.1. The van der Waals surface area contributed by atoms with Crippen LogP contribution in [0.1, 0.15) is 12.8 Å². The fourth-order valence-corrected chi connectivity index (χ4v) is 2.42. The second-order valence-electron chi connectivity index (χ2n) is 4.52. The normalized spacial score (nSPS) is 18.7. The molecule has 0 radical (unpaired) electrons. The highest BCUT2D eigenvalue weighted by molar-refractivity contribution is 9.10. The van der Waals surface area contributed by atoms with Crippen LogP contribution in [0.25, 0.3) is 0 Å². The van der Waals surface area contributed by atoms with Gasteiger partial charge in [0.15, 0.2) is 0 Å². The van der Waals surface area contributed by atoms with E-state index in [0.717, 1.165) is 12.8 Å². The Morgan fingerprint density at radius 3 is 3.10 bits per heavy atom. The molecule has 1 amide bonds. The molecule has 1 atom stereocenters. The number of rotatable bonds is 5. The van der Waals surface area contributed by atoms with Crippen LogP contribution in [0.15, 0.2) is 15.5 Å². The van der Waals surface area contributed by atoms with E-state index in [4.69, 9.17) is 4.74 Å². The maximum absolute atomic E-state index is 12.1. The maximum atomic E-state index is 12.1. The van der Waals surface area contributed by atoms with E-state index < -0.39 is 0 Å². The molecule has 2 N–H and O–H groups in total. The molecule has 1 aliphatic heterocycles. The highest BCUT2D eigenvalue weighted by atomic mass is 79.9. The predicted molar refractivity (Wildman–Crippen MR) is 77.7 cm³/mol. The first kappa shape index (κ1) is 15.0. The second-order valence-corrected chi connectivity index (χ2v) is 5.32. The SMILES string of the molecule is COCCn1ncc(NC2CCCNC2=O)c(Br)c1=O. The smallest absolute Gasteiger partial charge is 0.283 e. The number of halogens is 1. The van der Waals surface area contributed by atoms with Crippen molar-refractivity contribution in [3.63, 3.8) is 0 Å². The van der Waals surface area contributed by atoms with Crippen molar-refractivity contribution in [2.45, 2.75) is 25.4 Å². The first-order valence-electron chi connectivity index (χ1n) is 6.42. The van der Waals surface area contributed by atoms with E-state index in [9.17, 15) is 9.59 Å². The molecule has 20 heavy (non-hydrogen) atoms. The Labute approximate surface area is 124 Å². The molecular formula is C12H17BrN4O3. The molecule has 0 bridgehead atoms. The summed E-state index contributed by atoms with van der Waals surface area (Å²) in [6.45, 7) is 1.50. The van der Waals surface area contributed by atoms with Gasteiger partial charge in [-0.1, -0.05) is 0 Å². The van der Waals surface area contributed by atoms with Gasteiger partial charge < -0.3 is 15.4 Å².